The zero-order chi connectivity index (χ0) is 39.8. The summed E-state index contributed by atoms with van der Waals surface area (Å²) >= 11 is 6.15. The highest BCUT2D eigenvalue weighted by Crippen LogP contribution is 2.34. The number of hydrogen-bond acceptors (Lipinski definition) is 8. The topological polar surface area (TPSA) is 126 Å². The minimum atomic E-state index is -0.382. The molecule has 5 aromatic carbocycles. The van der Waals surface area contributed by atoms with Gasteiger partial charge in [0.2, 0.25) is 0 Å². The first-order valence-corrected chi connectivity index (χ1v) is 18.9. The first-order valence-electron chi connectivity index (χ1n) is 18.5. The van der Waals surface area contributed by atoms with Crippen LogP contribution in [0.25, 0.3) is 0 Å². The quantitative estimate of drug-likeness (QED) is 0.122. The van der Waals surface area contributed by atoms with Crippen LogP contribution < -0.4 is 20.9 Å². The number of ether oxygens (including phenoxy) is 2. The van der Waals surface area contributed by atoms with Crippen LogP contribution in [0.4, 0.5) is 11.4 Å². The number of methoxy groups -OCH3 is 2. The average molecular weight is 773 g/mol. The van der Waals surface area contributed by atoms with E-state index in [2.05, 4.69) is 31.7 Å². The van der Waals surface area contributed by atoms with Crippen LogP contribution in [0.5, 0.6) is 0 Å². The fourth-order valence-corrected chi connectivity index (χ4v) is 7.24. The number of halogens is 1. The van der Waals surface area contributed by atoms with Crippen LogP contribution in [0.3, 0.4) is 0 Å². The zero-order valence-electron chi connectivity index (χ0n) is 31.9. The Morgan fingerprint density at radius 2 is 1.23 bits per heavy atom. The highest BCUT2D eigenvalue weighted by molar-refractivity contribution is 6.30. The molecule has 0 saturated heterocycles. The van der Waals surface area contributed by atoms with E-state index in [-0.39, 0.29) is 35.8 Å². The summed E-state index contributed by atoms with van der Waals surface area (Å²) in [6, 6.07) is 33.2. The van der Waals surface area contributed by atoms with Gasteiger partial charge in [0, 0.05) is 24.7 Å². The summed E-state index contributed by atoms with van der Waals surface area (Å²) in [6.07, 6.45) is 1.85. The van der Waals surface area contributed by atoms with Crippen molar-refractivity contribution in [3.63, 3.8) is 0 Å². The minimum absolute atomic E-state index is 0.106. The van der Waals surface area contributed by atoms with Crippen molar-refractivity contribution >= 4 is 46.7 Å². The van der Waals surface area contributed by atoms with E-state index in [0.717, 1.165) is 54.0 Å². The highest BCUT2D eigenvalue weighted by atomic mass is 35.5. The Morgan fingerprint density at radius 3 is 1.80 bits per heavy atom. The lowest BCUT2D eigenvalue weighted by atomic mass is 10.0. The minimum Gasteiger partial charge on any atom is -0.465 e. The van der Waals surface area contributed by atoms with Gasteiger partial charge in [0.25, 0.3) is 11.8 Å². The van der Waals surface area contributed by atoms with Gasteiger partial charge in [0.05, 0.1) is 59.9 Å². The van der Waals surface area contributed by atoms with E-state index < -0.39 is 0 Å². The maximum atomic E-state index is 13.2. The Morgan fingerprint density at radius 1 is 0.696 bits per heavy atom. The van der Waals surface area contributed by atoms with Crippen molar-refractivity contribution in [3.05, 3.63) is 164 Å². The molecule has 2 aliphatic heterocycles. The molecule has 0 spiro atoms. The Labute approximate surface area is 332 Å². The van der Waals surface area contributed by atoms with Crippen LogP contribution in [0, 0.1) is 0 Å². The monoisotopic (exact) mass is 772 g/mol. The number of rotatable bonds is 10. The number of nitrogens with one attached hydrogen (secondary N) is 3. The Bertz CT molecular complexity index is 2220. The first-order chi connectivity index (χ1) is 27.1. The summed E-state index contributed by atoms with van der Waals surface area (Å²) in [5.41, 5.74) is 9.53. The molecule has 2 amide bonds. The van der Waals surface area contributed by atoms with Crippen LogP contribution in [0.2, 0.25) is 5.02 Å². The van der Waals surface area contributed by atoms with Crippen molar-refractivity contribution in [3.8, 4) is 0 Å². The summed E-state index contributed by atoms with van der Waals surface area (Å²) in [4.78, 5) is 51.2. The maximum Gasteiger partial charge on any atom is 0.337 e. The molecule has 288 valence electrons. The molecule has 2 atom stereocenters. The smallest absolute Gasteiger partial charge is 0.337 e. The van der Waals surface area contributed by atoms with E-state index in [0.29, 0.717) is 33.8 Å². The average Bonchev–Trinajstić information content (AvgIpc) is 3.88. The summed E-state index contributed by atoms with van der Waals surface area (Å²) in [5.74, 6) is -0.979. The predicted molar refractivity (Wildman–Crippen MR) is 219 cm³/mol. The molecule has 5 aromatic rings. The number of esters is 2. The number of amides is 2. The van der Waals surface area contributed by atoms with Crippen LogP contribution in [-0.4, -0.2) is 51.1 Å². The largest absolute Gasteiger partial charge is 0.465 e. The normalized spacial score (nSPS) is 13.5. The molecular weight excluding hydrogens is 728 g/mol. The molecule has 10 nitrogen and oxygen atoms in total. The third-order valence-corrected chi connectivity index (χ3v) is 10.3. The number of fused-ring (bicyclic) bond motifs is 2. The molecule has 0 radical (unpaired) electrons. The van der Waals surface area contributed by atoms with Gasteiger partial charge in [-0.2, -0.15) is 0 Å². The van der Waals surface area contributed by atoms with Crippen LogP contribution in [0.1, 0.15) is 95.2 Å². The van der Waals surface area contributed by atoms with Gasteiger partial charge < -0.3 is 30.3 Å². The van der Waals surface area contributed by atoms with Gasteiger partial charge >= 0.3 is 11.9 Å². The standard InChI is InChI=1S/C26H25ClN2O3.C19H20N2O3/c1-17(19-9-11-21(12-10-19)26(31)32-2)28-25(30)23-8-4-6-20-13-14-29(24(20)23)16-18-5-3-7-22(27)15-18;1-12(13-6-8-15(9-7-13)19(23)24-2)21-18(22)16-5-3-4-14-10-11-20-17(14)16/h3-12,15,17H,13-14,16H2,1-2H3,(H,28,30);3-9,12,20H,10-11H2,1-2H3,(H,21,22)/t17-;12-/m00/s1. The lowest BCUT2D eigenvalue weighted by molar-refractivity contribution is 0.0592. The second-order valence-corrected chi connectivity index (χ2v) is 14.2. The van der Waals surface area contributed by atoms with Gasteiger partial charge in [-0.3, -0.25) is 9.59 Å². The van der Waals surface area contributed by atoms with Crippen molar-refractivity contribution in [2.24, 2.45) is 0 Å². The van der Waals surface area contributed by atoms with E-state index in [1.54, 1.807) is 24.3 Å². The Hall–Kier alpha value is -6.13. The number of hydrogen-bond donors (Lipinski definition) is 3. The van der Waals surface area contributed by atoms with Crippen molar-refractivity contribution in [2.75, 3.05) is 37.5 Å². The van der Waals surface area contributed by atoms with Crippen molar-refractivity contribution in [2.45, 2.75) is 45.3 Å². The van der Waals surface area contributed by atoms with Gasteiger partial charge in [0.15, 0.2) is 0 Å². The third-order valence-electron chi connectivity index (χ3n) is 10.0. The molecule has 56 heavy (non-hydrogen) atoms. The molecule has 0 bridgehead atoms. The number of carbonyl (C=O) groups excluding carboxylic acids is 4. The van der Waals surface area contributed by atoms with Crippen molar-refractivity contribution in [1.29, 1.82) is 0 Å². The second-order valence-electron chi connectivity index (χ2n) is 13.7. The van der Waals surface area contributed by atoms with E-state index in [1.807, 2.05) is 92.7 Å². The van der Waals surface area contributed by atoms with Gasteiger partial charge in [0.1, 0.15) is 0 Å². The van der Waals surface area contributed by atoms with Gasteiger partial charge in [-0.1, -0.05) is 72.3 Å². The second kappa shape index (κ2) is 18.0. The molecule has 0 aromatic heterocycles. The van der Waals surface area contributed by atoms with Gasteiger partial charge in [-0.15, -0.1) is 0 Å². The van der Waals surface area contributed by atoms with Crippen LogP contribution >= 0.6 is 11.6 Å². The van der Waals surface area contributed by atoms with Gasteiger partial charge in [-0.05, 0) is 103 Å². The molecule has 0 fully saturated rings. The van der Waals surface area contributed by atoms with Crippen molar-refractivity contribution < 1.29 is 28.7 Å². The zero-order valence-corrected chi connectivity index (χ0v) is 32.6. The predicted octanol–water partition coefficient (Wildman–Crippen LogP) is 8.11. The molecule has 0 saturated carbocycles. The number of nitrogens with zero attached hydrogens (tertiary/aromatic N) is 1. The third kappa shape index (κ3) is 9.21. The molecule has 3 N–H and O–H groups in total. The summed E-state index contributed by atoms with van der Waals surface area (Å²) in [5, 5.41) is 10.1. The summed E-state index contributed by atoms with van der Waals surface area (Å²) in [6.45, 7) is 6.27. The Balaban J connectivity index is 0.000000198. The first kappa shape index (κ1) is 39.6. The van der Waals surface area contributed by atoms with E-state index in [1.165, 1.54) is 25.3 Å². The summed E-state index contributed by atoms with van der Waals surface area (Å²) in [7, 11) is 2.71. The fourth-order valence-electron chi connectivity index (χ4n) is 7.03. The van der Waals surface area contributed by atoms with E-state index in [4.69, 9.17) is 16.3 Å². The van der Waals surface area contributed by atoms with E-state index in [9.17, 15) is 19.2 Å². The highest BCUT2D eigenvalue weighted by Gasteiger charge is 2.26. The molecule has 0 unspecified atom stereocenters. The van der Waals surface area contributed by atoms with Crippen LogP contribution in [0.15, 0.2) is 109 Å². The SMILES string of the molecule is COC(=O)c1ccc([C@H](C)NC(=O)c2cccc3c2N(Cc2cccc(Cl)c2)CC3)cc1.COC(=O)c1ccc([C@H](C)NC(=O)c2cccc3c2NCC3)cc1. The number of carbonyl (C=O) groups is 4. The molecule has 7 rings (SSSR count). The van der Waals surface area contributed by atoms with Crippen LogP contribution in [-0.2, 0) is 28.9 Å². The lowest BCUT2D eigenvalue weighted by Gasteiger charge is -2.23. The molecule has 11 heteroatoms. The fraction of sp³-hybridized carbons (Fsp3) is 0.244. The Kier molecular flexibility index (Phi) is 12.7. The van der Waals surface area contributed by atoms with Gasteiger partial charge in [-0.25, -0.2) is 9.59 Å². The van der Waals surface area contributed by atoms with Crippen molar-refractivity contribution in [1.82, 2.24) is 10.6 Å². The molecule has 0 aliphatic carbocycles. The molecule has 2 heterocycles. The summed E-state index contributed by atoms with van der Waals surface area (Å²) < 4.78 is 9.43. The maximum absolute atomic E-state index is 13.2. The number of para-hydroxylation sites is 2. The lowest BCUT2D eigenvalue weighted by Crippen LogP contribution is -2.29. The molecule has 2 aliphatic rings. The van der Waals surface area contributed by atoms with E-state index >= 15 is 0 Å². The number of anilines is 2. The molecular formula is C45H45ClN4O6. The number of benzene rings is 5.